The third-order valence-electron chi connectivity index (χ3n) is 4.42. The van der Waals surface area contributed by atoms with Crippen molar-refractivity contribution in [2.24, 2.45) is 5.92 Å². The van der Waals surface area contributed by atoms with Gasteiger partial charge in [-0.15, -0.1) is 0 Å². The fraction of sp³-hybridized carbons (Fsp3) is 0.765. The van der Waals surface area contributed by atoms with Crippen LogP contribution in [0.3, 0.4) is 0 Å². The lowest BCUT2D eigenvalue weighted by molar-refractivity contribution is 0.392. The van der Waals surface area contributed by atoms with E-state index in [2.05, 4.69) is 35.4 Å². The Bertz CT molecular complexity index is 411. The third-order valence-corrected chi connectivity index (χ3v) is 4.42. The van der Waals surface area contributed by atoms with Crippen LogP contribution in [-0.2, 0) is 6.42 Å². The molecule has 1 aromatic heterocycles. The molecule has 1 heterocycles. The summed E-state index contributed by atoms with van der Waals surface area (Å²) in [6.07, 6.45) is 9.06. The molecule has 1 aliphatic carbocycles. The second kappa shape index (κ2) is 7.72. The number of aromatic nitrogens is 2. The molecular weight excluding hydrogens is 246 g/mol. The van der Waals surface area contributed by atoms with Crippen LogP contribution in [0.4, 0.5) is 0 Å². The maximum absolute atomic E-state index is 4.41. The van der Waals surface area contributed by atoms with Gasteiger partial charge in [0.05, 0.1) is 11.4 Å². The van der Waals surface area contributed by atoms with Crippen LogP contribution in [0.2, 0.25) is 0 Å². The van der Waals surface area contributed by atoms with E-state index >= 15 is 0 Å². The molecule has 112 valence electrons. The van der Waals surface area contributed by atoms with Crippen molar-refractivity contribution in [2.75, 3.05) is 6.54 Å². The minimum atomic E-state index is 0.460. The van der Waals surface area contributed by atoms with Crippen LogP contribution in [0.1, 0.15) is 75.4 Å². The molecule has 0 radical (unpaired) electrons. The lowest BCUT2D eigenvalue weighted by atomic mass is 9.92. The summed E-state index contributed by atoms with van der Waals surface area (Å²) >= 11 is 0. The highest BCUT2D eigenvalue weighted by Crippen LogP contribution is 2.33. The van der Waals surface area contributed by atoms with Crippen molar-refractivity contribution in [3.63, 3.8) is 0 Å². The molecule has 0 bridgehead atoms. The lowest BCUT2D eigenvalue weighted by Gasteiger charge is -2.24. The van der Waals surface area contributed by atoms with E-state index in [0.717, 1.165) is 24.6 Å². The number of rotatable bonds is 7. The highest BCUT2D eigenvalue weighted by atomic mass is 15.1. The second-order valence-corrected chi connectivity index (χ2v) is 6.13. The van der Waals surface area contributed by atoms with Crippen LogP contribution in [0.25, 0.3) is 0 Å². The standard InChI is InChI=1S/C17H29N3/c1-4-10-18-17(12-14-8-6-7-9-14)15-11-13(3)19-20-16(15)5-2/h11,14,17-18H,4-10,12H2,1-3H3. The molecule has 0 amide bonds. The fourth-order valence-corrected chi connectivity index (χ4v) is 3.33. The maximum atomic E-state index is 4.41. The molecule has 1 atom stereocenters. The predicted molar refractivity (Wildman–Crippen MR) is 83.8 cm³/mol. The first-order valence-corrected chi connectivity index (χ1v) is 8.31. The van der Waals surface area contributed by atoms with E-state index in [-0.39, 0.29) is 0 Å². The van der Waals surface area contributed by atoms with Gasteiger partial charge in [-0.25, -0.2) is 0 Å². The molecule has 0 aromatic carbocycles. The molecule has 0 aliphatic heterocycles. The molecular formula is C17H29N3. The van der Waals surface area contributed by atoms with Crippen molar-refractivity contribution < 1.29 is 0 Å². The predicted octanol–water partition coefficient (Wildman–Crippen LogP) is 3.97. The topological polar surface area (TPSA) is 37.8 Å². The first kappa shape index (κ1) is 15.4. The molecule has 3 nitrogen and oxygen atoms in total. The van der Waals surface area contributed by atoms with E-state index in [4.69, 9.17) is 0 Å². The number of hydrogen-bond donors (Lipinski definition) is 1. The van der Waals surface area contributed by atoms with E-state index in [1.807, 2.05) is 6.92 Å². The first-order chi connectivity index (χ1) is 9.74. The maximum Gasteiger partial charge on any atom is 0.0676 e. The summed E-state index contributed by atoms with van der Waals surface area (Å²) in [6.45, 7) is 7.54. The molecule has 1 fully saturated rings. The number of aryl methyl sites for hydroxylation is 2. The van der Waals surface area contributed by atoms with Crippen molar-refractivity contribution in [1.82, 2.24) is 15.5 Å². The highest BCUT2D eigenvalue weighted by Gasteiger charge is 2.23. The zero-order valence-corrected chi connectivity index (χ0v) is 13.3. The molecule has 1 aromatic rings. The average Bonchev–Trinajstić information content (AvgIpc) is 2.96. The summed E-state index contributed by atoms with van der Waals surface area (Å²) in [6, 6.07) is 2.70. The largest absolute Gasteiger partial charge is 0.310 e. The van der Waals surface area contributed by atoms with Crippen LogP contribution in [-0.4, -0.2) is 16.7 Å². The Morgan fingerprint density at radius 3 is 2.65 bits per heavy atom. The van der Waals surface area contributed by atoms with Crippen molar-refractivity contribution in [3.8, 4) is 0 Å². The molecule has 1 N–H and O–H groups in total. The molecule has 1 unspecified atom stereocenters. The molecule has 3 heteroatoms. The van der Waals surface area contributed by atoms with Crippen molar-refractivity contribution >= 4 is 0 Å². The van der Waals surface area contributed by atoms with Gasteiger partial charge in [-0.2, -0.15) is 10.2 Å². The average molecular weight is 275 g/mol. The zero-order valence-electron chi connectivity index (χ0n) is 13.3. The number of nitrogens with zero attached hydrogens (tertiary/aromatic N) is 2. The summed E-state index contributed by atoms with van der Waals surface area (Å²) < 4.78 is 0. The minimum absolute atomic E-state index is 0.460. The Hall–Kier alpha value is -0.960. The normalized spacial score (nSPS) is 17.6. The van der Waals surface area contributed by atoms with E-state index < -0.39 is 0 Å². The SMILES string of the molecule is CCCNC(CC1CCCC1)c1cc(C)nnc1CC. The smallest absolute Gasteiger partial charge is 0.0676 e. The van der Waals surface area contributed by atoms with Crippen LogP contribution < -0.4 is 5.32 Å². The molecule has 1 saturated carbocycles. The Kier molecular flexibility index (Phi) is 5.96. The van der Waals surface area contributed by atoms with Crippen molar-refractivity contribution in [3.05, 3.63) is 23.0 Å². The summed E-state index contributed by atoms with van der Waals surface area (Å²) in [5, 5.41) is 12.4. The number of hydrogen-bond acceptors (Lipinski definition) is 3. The van der Waals surface area contributed by atoms with E-state index in [0.29, 0.717) is 6.04 Å². The van der Waals surface area contributed by atoms with Gasteiger partial charge in [-0.1, -0.05) is 39.5 Å². The fourth-order valence-electron chi connectivity index (χ4n) is 3.33. The lowest BCUT2D eigenvalue weighted by Crippen LogP contribution is -2.26. The zero-order chi connectivity index (χ0) is 14.4. The van der Waals surface area contributed by atoms with Crippen LogP contribution >= 0.6 is 0 Å². The monoisotopic (exact) mass is 275 g/mol. The molecule has 2 rings (SSSR count). The van der Waals surface area contributed by atoms with Crippen molar-refractivity contribution in [2.45, 2.75) is 71.8 Å². The van der Waals surface area contributed by atoms with Gasteiger partial charge < -0.3 is 5.32 Å². The summed E-state index contributed by atoms with van der Waals surface area (Å²) in [5.74, 6) is 0.891. The van der Waals surface area contributed by atoms with Gasteiger partial charge in [0, 0.05) is 6.04 Å². The quantitative estimate of drug-likeness (QED) is 0.818. The van der Waals surface area contributed by atoms with Crippen LogP contribution in [0, 0.1) is 12.8 Å². The second-order valence-electron chi connectivity index (χ2n) is 6.13. The minimum Gasteiger partial charge on any atom is -0.310 e. The Balaban J connectivity index is 2.17. The summed E-state index contributed by atoms with van der Waals surface area (Å²) in [5.41, 5.74) is 3.59. The Labute approximate surface area is 123 Å². The van der Waals surface area contributed by atoms with E-state index in [1.54, 1.807) is 0 Å². The third kappa shape index (κ3) is 4.02. The Morgan fingerprint density at radius 2 is 2.00 bits per heavy atom. The molecule has 1 aliphatic rings. The van der Waals surface area contributed by atoms with Gasteiger partial charge in [0.15, 0.2) is 0 Å². The van der Waals surface area contributed by atoms with Gasteiger partial charge in [-0.05, 0) is 50.3 Å². The summed E-state index contributed by atoms with van der Waals surface area (Å²) in [7, 11) is 0. The molecule has 0 spiro atoms. The molecule has 0 saturated heterocycles. The molecule has 20 heavy (non-hydrogen) atoms. The highest BCUT2D eigenvalue weighted by molar-refractivity contribution is 5.25. The van der Waals surface area contributed by atoms with E-state index in [1.165, 1.54) is 49.8 Å². The van der Waals surface area contributed by atoms with Gasteiger partial charge in [-0.3, -0.25) is 0 Å². The van der Waals surface area contributed by atoms with E-state index in [9.17, 15) is 0 Å². The first-order valence-electron chi connectivity index (χ1n) is 8.31. The van der Waals surface area contributed by atoms with Gasteiger partial charge in [0.25, 0.3) is 0 Å². The summed E-state index contributed by atoms with van der Waals surface area (Å²) in [4.78, 5) is 0. The van der Waals surface area contributed by atoms with Gasteiger partial charge in [0.1, 0.15) is 0 Å². The Morgan fingerprint density at radius 1 is 1.25 bits per heavy atom. The number of nitrogens with one attached hydrogen (secondary N) is 1. The van der Waals surface area contributed by atoms with Crippen molar-refractivity contribution in [1.29, 1.82) is 0 Å². The van der Waals surface area contributed by atoms with Crippen LogP contribution in [0.15, 0.2) is 6.07 Å². The van der Waals surface area contributed by atoms with Gasteiger partial charge >= 0.3 is 0 Å². The van der Waals surface area contributed by atoms with Gasteiger partial charge in [0.2, 0.25) is 0 Å². The van der Waals surface area contributed by atoms with Crippen LogP contribution in [0.5, 0.6) is 0 Å².